The number of aromatic nitrogens is 1. The van der Waals surface area contributed by atoms with Crippen molar-refractivity contribution in [2.45, 2.75) is 13.5 Å². The van der Waals surface area contributed by atoms with E-state index in [4.69, 9.17) is 0 Å². The fraction of sp³-hybridized carbons (Fsp3) is 0.222. The van der Waals surface area contributed by atoms with Gasteiger partial charge in [0.2, 0.25) is 0 Å². The van der Waals surface area contributed by atoms with Crippen LogP contribution in [-0.2, 0) is 16.1 Å². The smallest absolute Gasteiger partial charge is 0.278 e. The number of imide groups is 1. The number of piperazine rings is 1. The Bertz CT molecular complexity index is 1180. The van der Waals surface area contributed by atoms with E-state index in [2.05, 4.69) is 26.9 Å². The lowest BCUT2D eigenvalue weighted by molar-refractivity contribution is -0.138. The largest absolute Gasteiger partial charge is 0.368 e. The van der Waals surface area contributed by atoms with Gasteiger partial charge in [-0.3, -0.25) is 19.5 Å². The lowest BCUT2D eigenvalue weighted by Crippen LogP contribution is -2.47. The van der Waals surface area contributed by atoms with Crippen molar-refractivity contribution in [1.29, 1.82) is 0 Å². The Morgan fingerprint density at radius 2 is 1.42 bits per heavy atom. The molecule has 6 heteroatoms. The van der Waals surface area contributed by atoms with Crippen molar-refractivity contribution in [2.24, 2.45) is 0 Å². The van der Waals surface area contributed by atoms with E-state index in [1.807, 2.05) is 67.6 Å². The predicted octanol–water partition coefficient (Wildman–Crippen LogP) is 3.49. The Hall–Kier alpha value is -3.93. The highest BCUT2D eigenvalue weighted by molar-refractivity contribution is 6.35. The van der Waals surface area contributed by atoms with E-state index in [0.717, 1.165) is 24.2 Å². The molecule has 1 aromatic heterocycles. The summed E-state index contributed by atoms with van der Waals surface area (Å²) >= 11 is 0. The first-order chi connectivity index (χ1) is 16.1. The second-order valence-corrected chi connectivity index (χ2v) is 8.42. The standard InChI is InChI=1S/C27H26N4O2/c1-20-10-12-21(13-11-20)24-25(27(33)31(26(24)32)19-22-7-5-6-14-28-22)30-17-15-29(16-18-30)23-8-3-2-4-9-23/h2-14H,15-19H2,1H3. The zero-order valence-corrected chi connectivity index (χ0v) is 18.6. The van der Waals surface area contributed by atoms with Crippen molar-refractivity contribution in [1.82, 2.24) is 14.8 Å². The molecule has 2 aromatic carbocycles. The second kappa shape index (κ2) is 8.90. The van der Waals surface area contributed by atoms with Gasteiger partial charge in [0.25, 0.3) is 11.8 Å². The van der Waals surface area contributed by atoms with Gasteiger partial charge in [0.15, 0.2) is 0 Å². The van der Waals surface area contributed by atoms with Crippen LogP contribution >= 0.6 is 0 Å². The third-order valence-corrected chi connectivity index (χ3v) is 6.25. The number of rotatable bonds is 5. The van der Waals surface area contributed by atoms with E-state index in [-0.39, 0.29) is 18.4 Å². The molecule has 0 bridgehead atoms. The maximum Gasteiger partial charge on any atom is 0.278 e. The van der Waals surface area contributed by atoms with Gasteiger partial charge in [0.05, 0.1) is 17.8 Å². The molecule has 166 valence electrons. The molecule has 6 nitrogen and oxygen atoms in total. The summed E-state index contributed by atoms with van der Waals surface area (Å²) in [6.07, 6.45) is 1.68. The molecular formula is C27H26N4O2. The van der Waals surface area contributed by atoms with Gasteiger partial charge in [-0.2, -0.15) is 0 Å². The lowest BCUT2D eigenvalue weighted by atomic mass is 10.0. The minimum atomic E-state index is -0.255. The van der Waals surface area contributed by atoms with Gasteiger partial charge in [-0.25, -0.2) is 0 Å². The summed E-state index contributed by atoms with van der Waals surface area (Å²) < 4.78 is 0. The third-order valence-electron chi connectivity index (χ3n) is 6.25. The third kappa shape index (κ3) is 4.12. The molecule has 1 fully saturated rings. The summed E-state index contributed by atoms with van der Waals surface area (Å²) in [6, 6.07) is 23.6. The maximum atomic E-state index is 13.6. The SMILES string of the molecule is Cc1ccc(C2=C(N3CCN(c4ccccc4)CC3)C(=O)N(Cc3ccccn3)C2=O)cc1. The molecule has 0 unspecified atom stereocenters. The first-order valence-electron chi connectivity index (χ1n) is 11.2. The fourth-order valence-electron chi connectivity index (χ4n) is 4.46. The number of pyridine rings is 1. The van der Waals surface area contributed by atoms with Crippen molar-refractivity contribution in [3.63, 3.8) is 0 Å². The number of hydrogen-bond donors (Lipinski definition) is 0. The van der Waals surface area contributed by atoms with Crippen LogP contribution in [0.2, 0.25) is 0 Å². The summed E-state index contributed by atoms with van der Waals surface area (Å²) in [7, 11) is 0. The number of carbonyl (C=O) groups excluding carboxylic acids is 2. The number of amides is 2. The molecule has 0 spiro atoms. The fourth-order valence-corrected chi connectivity index (χ4v) is 4.46. The van der Waals surface area contributed by atoms with Crippen LogP contribution in [0.3, 0.4) is 0 Å². The molecule has 33 heavy (non-hydrogen) atoms. The highest BCUT2D eigenvalue weighted by Crippen LogP contribution is 2.33. The van der Waals surface area contributed by atoms with Crippen LogP contribution < -0.4 is 4.90 Å². The first-order valence-corrected chi connectivity index (χ1v) is 11.2. The molecule has 1 saturated heterocycles. The van der Waals surface area contributed by atoms with Crippen molar-refractivity contribution < 1.29 is 9.59 Å². The number of hydrogen-bond acceptors (Lipinski definition) is 5. The molecule has 0 radical (unpaired) electrons. The number of benzene rings is 2. The minimum absolute atomic E-state index is 0.168. The summed E-state index contributed by atoms with van der Waals surface area (Å²) in [4.78, 5) is 37.2. The summed E-state index contributed by atoms with van der Waals surface area (Å²) in [5.41, 5.74) is 4.76. The number of carbonyl (C=O) groups is 2. The summed E-state index contributed by atoms with van der Waals surface area (Å²) in [6.45, 7) is 5.11. The van der Waals surface area contributed by atoms with Crippen molar-refractivity contribution in [2.75, 3.05) is 31.1 Å². The molecule has 3 heterocycles. The molecule has 0 N–H and O–H groups in total. The van der Waals surface area contributed by atoms with Crippen LogP contribution in [0, 0.1) is 6.92 Å². The molecule has 3 aromatic rings. The van der Waals surface area contributed by atoms with Gasteiger partial charge in [-0.05, 0) is 36.8 Å². The Labute approximate surface area is 193 Å². The number of anilines is 1. The van der Waals surface area contributed by atoms with Crippen molar-refractivity contribution >= 4 is 23.1 Å². The molecule has 2 aliphatic heterocycles. The molecule has 0 atom stereocenters. The van der Waals surface area contributed by atoms with E-state index in [1.54, 1.807) is 6.20 Å². The van der Waals surface area contributed by atoms with Crippen LogP contribution in [0.25, 0.3) is 5.57 Å². The number of para-hydroxylation sites is 1. The van der Waals surface area contributed by atoms with Crippen LogP contribution in [-0.4, -0.2) is 52.8 Å². The maximum absolute atomic E-state index is 13.6. The Morgan fingerprint density at radius 1 is 0.758 bits per heavy atom. The Morgan fingerprint density at radius 3 is 2.09 bits per heavy atom. The normalized spacial score (nSPS) is 16.7. The highest BCUT2D eigenvalue weighted by atomic mass is 16.2. The quantitative estimate of drug-likeness (QED) is 0.571. The van der Waals surface area contributed by atoms with Gasteiger partial charge < -0.3 is 9.80 Å². The Kier molecular flexibility index (Phi) is 5.65. The topological polar surface area (TPSA) is 56.8 Å². The molecular weight excluding hydrogens is 412 g/mol. The second-order valence-electron chi connectivity index (χ2n) is 8.42. The van der Waals surface area contributed by atoms with Crippen LogP contribution in [0.5, 0.6) is 0 Å². The van der Waals surface area contributed by atoms with Gasteiger partial charge >= 0.3 is 0 Å². The van der Waals surface area contributed by atoms with Crippen molar-refractivity contribution in [3.05, 3.63) is 102 Å². The monoisotopic (exact) mass is 438 g/mol. The van der Waals surface area contributed by atoms with Crippen molar-refractivity contribution in [3.8, 4) is 0 Å². The van der Waals surface area contributed by atoms with Gasteiger partial charge in [0.1, 0.15) is 5.70 Å². The van der Waals surface area contributed by atoms with Crippen LogP contribution in [0.4, 0.5) is 5.69 Å². The van der Waals surface area contributed by atoms with Crippen LogP contribution in [0.1, 0.15) is 16.8 Å². The average Bonchev–Trinajstić information content (AvgIpc) is 3.11. The van der Waals surface area contributed by atoms with E-state index < -0.39 is 0 Å². The van der Waals surface area contributed by atoms with Gasteiger partial charge in [-0.15, -0.1) is 0 Å². The number of nitrogens with zero attached hydrogens (tertiary/aromatic N) is 4. The molecule has 2 amide bonds. The van der Waals surface area contributed by atoms with Gasteiger partial charge in [0, 0.05) is 38.1 Å². The molecule has 0 saturated carbocycles. The average molecular weight is 439 g/mol. The zero-order valence-electron chi connectivity index (χ0n) is 18.6. The summed E-state index contributed by atoms with van der Waals surface area (Å²) in [5.74, 6) is -0.496. The number of aryl methyl sites for hydroxylation is 1. The van der Waals surface area contributed by atoms with Gasteiger partial charge in [-0.1, -0.05) is 54.1 Å². The molecule has 0 aliphatic carbocycles. The highest BCUT2D eigenvalue weighted by Gasteiger charge is 2.42. The predicted molar refractivity (Wildman–Crippen MR) is 128 cm³/mol. The first kappa shape index (κ1) is 20.9. The van der Waals surface area contributed by atoms with E-state index in [1.165, 1.54) is 10.6 Å². The van der Waals surface area contributed by atoms with E-state index >= 15 is 0 Å². The zero-order chi connectivity index (χ0) is 22.8. The minimum Gasteiger partial charge on any atom is -0.368 e. The van der Waals surface area contributed by atoms with Crippen LogP contribution in [0.15, 0.2) is 84.7 Å². The molecule has 5 rings (SSSR count). The molecule has 2 aliphatic rings. The van der Waals surface area contributed by atoms with E-state index in [0.29, 0.717) is 30.1 Å². The lowest BCUT2D eigenvalue weighted by Gasteiger charge is -2.37. The Balaban J connectivity index is 1.45. The summed E-state index contributed by atoms with van der Waals surface area (Å²) in [5, 5.41) is 0. The van der Waals surface area contributed by atoms with E-state index in [9.17, 15) is 9.59 Å².